The van der Waals surface area contributed by atoms with E-state index in [1.54, 1.807) is 0 Å². The first-order valence-corrected chi connectivity index (χ1v) is 5.31. The quantitative estimate of drug-likeness (QED) is 0.426. The topological polar surface area (TPSA) is 67.8 Å². The van der Waals surface area contributed by atoms with Crippen molar-refractivity contribution in [3.8, 4) is 11.5 Å². The van der Waals surface area contributed by atoms with E-state index in [1.165, 1.54) is 32.2 Å². The van der Waals surface area contributed by atoms with E-state index >= 15 is 0 Å². The lowest BCUT2D eigenvalue weighted by atomic mass is 9.76. The van der Waals surface area contributed by atoms with Crippen LogP contribution in [0.4, 0.5) is 0 Å². The van der Waals surface area contributed by atoms with Gasteiger partial charge in [-0.25, -0.2) is 0 Å². The average molecular weight is 243 g/mol. The van der Waals surface area contributed by atoms with Crippen molar-refractivity contribution >= 4 is 21.5 Å². The SMILES string of the molecule is [B]C1([B])Oc2ccc(C(=O)[C@](C)(O)NC)cc2O1. The summed E-state index contributed by atoms with van der Waals surface area (Å²) in [7, 11) is 12.4. The summed E-state index contributed by atoms with van der Waals surface area (Å²) in [5.41, 5.74) is -3.12. The molecule has 0 saturated heterocycles. The van der Waals surface area contributed by atoms with Crippen LogP contribution in [-0.2, 0) is 0 Å². The van der Waals surface area contributed by atoms with Gasteiger partial charge in [0.25, 0.3) is 0 Å². The molecule has 18 heavy (non-hydrogen) atoms. The van der Waals surface area contributed by atoms with Crippen molar-refractivity contribution in [3.63, 3.8) is 0 Å². The molecule has 1 aromatic carbocycles. The van der Waals surface area contributed by atoms with E-state index in [-0.39, 0.29) is 11.3 Å². The third kappa shape index (κ3) is 2.23. The van der Waals surface area contributed by atoms with Gasteiger partial charge in [0.2, 0.25) is 5.78 Å². The molecule has 0 aromatic heterocycles. The number of rotatable bonds is 3. The number of carbonyl (C=O) groups excluding carboxylic acids is 1. The van der Waals surface area contributed by atoms with Crippen molar-refractivity contribution in [2.75, 3.05) is 7.05 Å². The van der Waals surface area contributed by atoms with Gasteiger partial charge in [0.1, 0.15) is 0 Å². The van der Waals surface area contributed by atoms with E-state index in [9.17, 15) is 9.90 Å². The number of aliphatic hydroxyl groups is 1. The zero-order valence-corrected chi connectivity index (χ0v) is 10.1. The van der Waals surface area contributed by atoms with Crippen molar-refractivity contribution < 1.29 is 19.4 Å². The Labute approximate surface area is 107 Å². The van der Waals surface area contributed by atoms with Crippen LogP contribution >= 0.6 is 0 Å². The Morgan fingerprint density at radius 2 is 2.00 bits per heavy atom. The monoisotopic (exact) mass is 243 g/mol. The van der Waals surface area contributed by atoms with Gasteiger partial charge in [-0.1, -0.05) is 0 Å². The minimum Gasteiger partial charge on any atom is -0.468 e. The fraction of sp³-hybridized carbons (Fsp3) is 0.364. The van der Waals surface area contributed by atoms with Gasteiger partial charge in [0.05, 0.1) is 0 Å². The van der Waals surface area contributed by atoms with Gasteiger partial charge < -0.3 is 14.6 Å². The highest BCUT2D eigenvalue weighted by atomic mass is 16.7. The van der Waals surface area contributed by atoms with Crippen molar-refractivity contribution in [1.29, 1.82) is 0 Å². The van der Waals surface area contributed by atoms with Crippen molar-refractivity contribution in [1.82, 2.24) is 5.32 Å². The molecule has 0 unspecified atom stereocenters. The van der Waals surface area contributed by atoms with Crippen LogP contribution in [0.1, 0.15) is 17.3 Å². The molecule has 0 fully saturated rings. The molecule has 2 N–H and O–H groups in total. The number of fused-ring (bicyclic) bond motifs is 1. The molecule has 7 heteroatoms. The number of ketones is 1. The Hall–Kier alpha value is -1.46. The van der Waals surface area contributed by atoms with E-state index in [0.29, 0.717) is 5.75 Å². The minimum atomic E-state index is -1.73. The van der Waals surface area contributed by atoms with E-state index < -0.39 is 17.1 Å². The summed E-state index contributed by atoms with van der Waals surface area (Å²) in [5.74, 6) is 0.112. The van der Waals surface area contributed by atoms with Gasteiger partial charge in [-0.2, -0.15) is 0 Å². The molecular formula is C11H11B2NO4. The summed E-state index contributed by atoms with van der Waals surface area (Å²) in [6.45, 7) is 1.36. The molecule has 1 heterocycles. The fourth-order valence-electron chi connectivity index (χ4n) is 1.57. The Kier molecular flexibility index (Phi) is 2.91. The highest BCUT2D eigenvalue weighted by Gasteiger charge is 2.33. The number of likely N-dealkylation sites (N-methyl/N-ethyl adjacent to an activating group) is 1. The molecule has 1 aromatic rings. The molecule has 5 nitrogen and oxygen atoms in total. The zero-order chi connectivity index (χ0) is 13.6. The lowest BCUT2D eigenvalue weighted by molar-refractivity contribution is 0.0276. The summed E-state index contributed by atoms with van der Waals surface area (Å²) in [4.78, 5) is 12.0. The van der Waals surface area contributed by atoms with Crippen LogP contribution in [0.3, 0.4) is 0 Å². The van der Waals surface area contributed by atoms with Gasteiger partial charge in [0, 0.05) is 5.56 Å². The van der Waals surface area contributed by atoms with Crippen LogP contribution in [0, 0.1) is 0 Å². The Bertz CT molecular complexity index is 502. The van der Waals surface area contributed by atoms with Crippen LogP contribution in [0.2, 0.25) is 0 Å². The van der Waals surface area contributed by atoms with Crippen LogP contribution in [-0.4, -0.2) is 44.9 Å². The van der Waals surface area contributed by atoms with Crippen LogP contribution in [0.15, 0.2) is 18.2 Å². The standard InChI is InChI=1S/C11H11B2NO4/c1-10(16,14-2)9(15)6-3-4-7-8(5-6)18-11(12,13)17-7/h3-5,14,16H,1-2H3/t10-/m0/s1. The first-order valence-electron chi connectivity index (χ1n) is 5.31. The average Bonchev–Trinajstić information content (AvgIpc) is 2.60. The normalized spacial score (nSPS) is 19.3. The molecule has 90 valence electrons. The maximum Gasteiger partial charge on any atom is 0.209 e. The summed E-state index contributed by atoms with van der Waals surface area (Å²) in [6.07, 6.45) is 0. The Morgan fingerprint density at radius 1 is 1.39 bits per heavy atom. The van der Waals surface area contributed by atoms with Gasteiger partial charge in [0.15, 0.2) is 38.5 Å². The molecule has 0 bridgehead atoms. The summed E-state index contributed by atoms with van der Waals surface area (Å²) in [6, 6.07) is 4.43. The lowest BCUT2D eigenvalue weighted by Gasteiger charge is -2.20. The summed E-state index contributed by atoms with van der Waals surface area (Å²) >= 11 is 0. The molecule has 1 aliphatic heterocycles. The first-order chi connectivity index (χ1) is 8.25. The second-order valence-electron chi connectivity index (χ2n) is 4.24. The molecule has 4 radical (unpaired) electrons. The van der Waals surface area contributed by atoms with Crippen LogP contribution in [0.25, 0.3) is 0 Å². The molecular weight excluding hydrogens is 232 g/mol. The summed E-state index contributed by atoms with van der Waals surface area (Å²) < 4.78 is 10.2. The lowest BCUT2D eigenvalue weighted by Crippen LogP contribution is -2.47. The highest BCUT2D eigenvalue weighted by Crippen LogP contribution is 2.38. The molecule has 1 atom stereocenters. The van der Waals surface area contributed by atoms with Crippen LogP contribution in [0.5, 0.6) is 11.5 Å². The number of carbonyl (C=O) groups is 1. The van der Waals surface area contributed by atoms with Gasteiger partial charge in [-0.3, -0.25) is 10.1 Å². The van der Waals surface area contributed by atoms with E-state index in [2.05, 4.69) is 5.32 Å². The Morgan fingerprint density at radius 3 is 2.61 bits per heavy atom. The smallest absolute Gasteiger partial charge is 0.209 e. The van der Waals surface area contributed by atoms with Crippen molar-refractivity contribution in [3.05, 3.63) is 23.8 Å². The third-order valence-electron chi connectivity index (χ3n) is 2.67. The van der Waals surface area contributed by atoms with Crippen molar-refractivity contribution in [2.24, 2.45) is 0 Å². The number of benzene rings is 1. The number of ether oxygens (including phenoxy) is 2. The van der Waals surface area contributed by atoms with E-state index in [4.69, 9.17) is 25.2 Å². The van der Waals surface area contributed by atoms with Gasteiger partial charge >= 0.3 is 0 Å². The highest BCUT2D eigenvalue weighted by molar-refractivity contribution is 6.38. The van der Waals surface area contributed by atoms with E-state index in [0.717, 1.165) is 0 Å². The molecule has 0 saturated carbocycles. The van der Waals surface area contributed by atoms with Gasteiger partial charge in [-0.15, -0.1) is 0 Å². The predicted octanol–water partition coefficient (Wildman–Crippen LogP) is -0.483. The van der Waals surface area contributed by atoms with Crippen molar-refractivity contribution in [2.45, 2.75) is 18.2 Å². The predicted molar refractivity (Wildman–Crippen MR) is 66.0 cm³/mol. The molecule has 2 rings (SSSR count). The maximum atomic E-state index is 12.0. The molecule has 0 spiro atoms. The first kappa shape index (κ1) is 13.0. The number of Topliss-reactive ketones (excluding diaryl/α,β-unsaturated/α-hetero) is 1. The zero-order valence-electron chi connectivity index (χ0n) is 10.1. The van der Waals surface area contributed by atoms with Gasteiger partial charge in [-0.05, 0) is 32.2 Å². The fourth-order valence-corrected chi connectivity index (χ4v) is 1.57. The second kappa shape index (κ2) is 4.03. The molecule has 0 amide bonds. The number of hydrogen-bond acceptors (Lipinski definition) is 5. The summed E-state index contributed by atoms with van der Waals surface area (Å²) in [5, 5.41) is 12.3. The van der Waals surface area contributed by atoms with Crippen LogP contribution < -0.4 is 14.8 Å². The number of nitrogens with one attached hydrogen (secondary N) is 1. The molecule has 1 aliphatic rings. The Balaban J connectivity index is 2.32. The molecule has 0 aliphatic carbocycles. The number of hydrogen-bond donors (Lipinski definition) is 2. The second-order valence-corrected chi connectivity index (χ2v) is 4.24. The maximum absolute atomic E-state index is 12.0. The minimum absolute atomic E-state index is 0.259. The third-order valence-corrected chi connectivity index (χ3v) is 2.67. The van der Waals surface area contributed by atoms with E-state index in [1.807, 2.05) is 0 Å². The largest absolute Gasteiger partial charge is 0.468 e.